The van der Waals surface area contributed by atoms with Crippen molar-refractivity contribution < 1.29 is 0 Å². The number of hydrogen-bond donors (Lipinski definition) is 0. The first-order valence-corrected chi connectivity index (χ1v) is 9.68. The highest BCUT2D eigenvalue weighted by Crippen LogP contribution is 2.17. The van der Waals surface area contributed by atoms with E-state index in [2.05, 4.69) is 15.9 Å². The Morgan fingerprint density at radius 2 is 1.70 bits per heavy atom. The smallest absolute Gasteiger partial charge is 0.267 e. The molecule has 0 N–H and O–H groups in total. The Morgan fingerprint density at radius 3 is 2.30 bits per heavy atom. The molecule has 0 amide bonds. The first kappa shape index (κ1) is 18.8. The van der Waals surface area contributed by atoms with Crippen LogP contribution in [0.25, 0.3) is 17.3 Å². The van der Waals surface area contributed by atoms with Crippen LogP contribution in [0.5, 0.6) is 0 Å². The van der Waals surface area contributed by atoms with Gasteiger partial charge >= 0.3 is 0 Å². The molecule has 0 aliphatic heterocycles. The molecule has 0 fully saturated rings. The number of para-hydroxylation sites is 1. The number of thiazole rings is 1. The summed E-state index contributed by atoms with van der Waals surface area (Å²) in [5, 5.41) is 18.8. The fourth-order valence-corrected chi connectivity index (χ4v) is 4.30. The van der Waals surface area contributed by atoms with Crippen LogP contribution in [0.1, 0.15) is 16.7 Å². The molecule has 0 spiro atoms. The van der Waals surface area contributed by atoms with E-state index in [9.17, 15) is 15.3 Å². The van der Waals surface area contributed by atoms with Gasteiger partial charge in [0, 0.05) is 4.47 Å². The Kier molecular flexibility index (Phi) is 5.41. The Labute approximate surface area is 168 Å². The third kappa shape index (κ3) is 3.50. The summed E-state index contributed by atoms with van der Waals surface area (Å²) in [7, 11) is 0. The normalized spacial score (nSPS) is 11.1. The molecule has 132 valence electrons. The van der Waals surface area contributed by atoms with Crippen LogP contribution in [-0.2, 0) is 0 Å². The van der Waals surface area contributed by atoms with Gasteiger partial charge in [0.25, 0.3) is 5.56 Å². The van der Waals surface area contributed by atoms with E-state index in [-0.39, 0.29) is 11.1 Å². The molecule has 0 saturated heterocycles. The summed E-state index contributed by atoms with van der Waals surface area (Å²) in [6.45, 7) is 3.82. The van der Waals surface area contributed by atoms with Crippen molar-refractivity contribution >= 4 is 38.9 Å². The summed E-state index contributed by atoms with van der Waals surface area (Å²) in [6, 6.07) is 17.1. The molecule has 0 unspecified atom stereocenters. The molecule has 0 radical (unpaired) electrons. The standard InChI is InChI=1S/C21H14BrN3OS/c1-13-6-5-7-14(2)19(13)25-20(26)18(27-21(25)16(11-23)12-24)10-15-8-3-4-9-17(15)22/h3-10H,1-2H3. The molecule has 27 heavy (non-hydrogen) atoms. The maximum Gasteiger partial charge on any atom is 0.273 e. The molecular weight excluding hydrogens is 422 g/mol. The van der Waals surface area contributed by atoms with Crippen LogP contribution in [0.15, 0.2) is 51.7 Å². The van der Waals surface area contributed by atoms with Gasteiger partial charge in [0.15, 0.2) is 5.57 Å². The van der Waals surface area contributed by atoms with Crippen molar-refractivity contribution in [3.05, 3.63) is 83.2 Å². The number of benzene rings is 2. The molecule has 0 saturated carbocycles. The van der Waals surface area contributed by atoms with Crippen LogP contribution >= 0.6 is 27.3 Å². The second-order valence-corrected chi connectivity index (χ2v) is 7.80. The van der Waals surface area contributed by atoms with Crippen molar-refractivity contribution in [3.8, 4) is 17.8 Å². The fraction of sp³-hybridized carbons (Fsp3) is 0.0952. The van der Waals surface area contributed by atoms with Gasteiger partial charge in [0.2, 0.25) is 0 Å². The quantitative estimate of drug-likeness (QED) is 0.619. The first-order valence-electron chi connectivity index (χ1n) is 8.07. The van der Waals surface area contributed by atoms with Gasteiger partial charge < -0.3 is 0 Å². The number of aryl methyl sites for hydroxylation is 2. The second-order valence-electron chi connectivity index (χ2n) is 5.92. The van der Waals surface area contributed by atoms with Gasteiger partial charge in [0.1, 0.15) is 16.8 Å². The summed E-state index contributed by atoms with van der Waals surface area (Å²) in [6.07, 6.45) is 1.77. The predicted molar refractivity (Wildman–Crippen MR) is 111 cm³/mol. The largest absolute Gasteiger partial charge is 0.273 e. The van der Waals surface area contributed by atoms with E-state index in [1.54, 1.807) is 6.08 Å². The Hall–Kier alpha value is -2.93. The Bertz CT molecular complexity index is 1270. The number of nitriles is 2. The van der Waals surface area contributed by atoms with E-state index in [1.165, 1.54) is 4.57 Å². The molecule has 6 heteroatoms. The lowest BCUT2D eigenvalue weighted by Crippen LogP contribution is -2.31. The van der Waals surface area contributed by atoms with Crippen molar-refractivity contribution in [2.75, 3.05) is 0 Å². The molecule has 0 atom stereocenters. The minimum atomic E-state index is -0.244. The molecule has 2 aromatic carbocycles. The van der Waals surface area contributed by atoms with E-state index < -0.39 is 0 Å². The van der Waals surface area contributed by atoms with Crippen molar-refractivity contribution in [3.63, 3.8) is 0 Å². The molecule has 0 bridgehead atoms. The van der Waals surface area contributed by atoms with Gasteiger partial charge in [-0.25, -0.2) is 0 Å². The minimum absolute atomic E-state index is 0.0773. The summed E-state index contributed by atoms with van der Waals surface area (Å²) in [5.74, 6) is 0. The van der Waals surface area contributed by atoms with Crippen molar-refractivity contribution in [1.82, 2.24) is 4.57 Å². The molecule has 3 aromatic rings. The van der Waals surface area contributed by atoms with Crippen LogP contribution < -0.4 is 14.8 Å². The maximum absolute atomic E-state index is 13.2. The van der Waals surface area contributed by atoms with Gasteiger partial charge in [-0.1, -0.05) is 52.3 Å². The minimum Gasteiger partial charge on any atom is -0.267 e. The monoisotopic (exact) mass is 435 g/mol. The van der Waals surface area contributed by atoms with Crippen molar-refractivity contribution in [2.45, 2.75) is 13.8 Å². The summed E-state index contributed by atoms with van der Waals surface area (Å²) >= 11 is 4.63. The van der Waals surface area contributed by atoms with E-state index in [0.717, 1.165) is 32.5 Å². The Morgan fingerprint density at radius 1 is 1.07 bits per heavy atom. The van der Waals surface area contributed by atoms with Gasteiger partial charge in [-0.2, -0.15) is 10.5 Å². The summed E-state index contributed by atoms with van der Waals surface area (Å²) < 4.78 is 3.16. The zero-order valence-electron chi connectivity index (χ0n) is 14.7. The fourth-order valence-electron chi connectivity index (χ4n) is 2.87. The molecule has 0 aliphatic carbocycles. The lowest BCUT2D eigenvalue weighted by atomic mass is 10.1. The third-order valence-electron chi connectivity index (χ3n) is 4.12. The molecular formula is C21H14BrN3OS. The first-order chi connectivity index (χ1) is 13.0. The molecule has 1 heterocycles. The molecule has 3 rings (SSSR count). The second kappa shape index (κ2) is 7.75. The maximum atomic E-state index is 13.2. The highest BCUT2D eigenvalue weighted by Gasteiger charge is 2.14. The van der Waals surface area contributed by atoms with Gasteiger partial charge in [-0.15, -0.1) is 11.3 Å². The number of rotatable bonds is 2. The van der Waals surface area contributed by atoms with Crippen LogP contribution in [0.4, 0.5) is 0 Å². The number of hydrogen-bond acceptors (Lipinski definition) is 4. The molecule has 0 aliphatic rings. The average Bonchev–Trinajstić information content (AvgIpc) is 2.95. The van der Waals surface area contributed by atoms with Gasteiger partial charge in [0.05, 0.1) is 10.2 Å². The molecule has 1 aromatic heterocycles. The summed E-state index contributed by atoms with van der Waals surface area (Å²) in [5.41, 5.74) is 3.05. The van der Waals surface area contributed by atoms with Gasteiger partial charge in [-0.05, 0) is 42.7 Å². The van der Waals surface area contributed by atoms with Crippen LogP contribution in [0, 0.1) is 36.5 Å². The van der Waals surface area contributed by atoms with Crippen molar-refractivity contribution in [2.24, 2.45) is 0 Å². The number of halogens is 1. The number of nitrogens with zero attached hydrogens (tertiary/aromatic N) is 3. The Balaban J connectivity index is 2.50. The predicted octanol–water partition coefficient (Wildman–Crippen LogP) is 3.31. The third-order valence-corrected chi connectivity index (χ3v) is 5.93. The lowest BCUT2D eigenvalue weighted by molar-refractivity contribution is 0.962. The van der Waals surface area contributed by atoms with Crippen molar-refractivity contribution in [1.29, 1.82) is 10.5 Å². The average molecular weight is 436 g/mol. The zero-order valence-corrected chi connectivity index (χ0v) is 17.1. The number of aromatic nitrogens is 1. The van der Waals surface area contributed by atoms with Crippen LogP contribution in [0.3, 0.4) is 0 Å². The zero-order chi connectivity index (χ0) is 19.6. The molecule has 4 nitrogen and oxygen atoms in total. The highest BCUT2D eigenvalue weighted by molar-refractivity contribution is 9.10. The SMILES string of the molecule is Cc1cccc(C)c1-n1c(=C(C#N)C#N)sc(=Cc2ccccc2Br)c1=O. The van der Waals surface area contributed by atoms with E-state index >= 15 is 0 Å². The summed E-state index contributed by atoms with van der Waals surface area (Å²) in [4.78, 5) is 13.2. The van der Waals surface area contributed by atoms with Gasteiger partial charge in [-0.3, -0.25) is 9.36 Å². The van der Waals surface area contributed by atoms with E-state index in [0.29, 0.717) is 14.9 Å². The lowest BCUT2D eigenvalue weighted by Gasteiger charge is -2.10. The topological polar surface area (TPSA) is 69.6 Å². The highest BCUT2D eigenvalue weighted by atomic mass is 79.9. The van der Waals surface area contributed by atoms with E-state index in [1.807, 2.05) is 68.5 Å². The van der Waals surface area contributed by atoms with E-state index in [4.69, 9.17) is 0 Å². The van der Waals surface area contributed by atoms with Crippen LogP contribution in [-0.4, -0.2) is 4.57 Å². The van der Waals surface area contributed by atoms with Crippen LogP contribution in [0.2, 0.25) is 0 Å².